The van der Waals surface area contributed by atoms with Gasteiger partial charge in [-0.05, 0) is 23.1 Å². The molecule has 0 atom stereocenters. The molecule has 0 heterocycles. The molecule has 1 amide bonds. The molecule has 4 nitrogen and oxygen atoms in total. The van der Waals surface area contributed by atoms with Crippen LogP contribution >= 0.6 is 0 Å². The topological polar surface area (TPSA) is 64.3 Å². The van der Waals surface area contributed by atoms with Gasteiger partial charge >= 0.3 is 0 Å². The first-order valence-corrected chi connectivity index (χ1v) is 6.22. The molecule has 1 aromatic carbocycles. The number of hydrogen-bond donors (Lipinski definition) is 2. The third-order valence-electron chi connectivity index (χ3n) is 2.78. The summed E-state index contributed by atoms with van der Waals surface area (Å²) in [5, 5.41) is 2.84. The van der Waals surface area contributed by atoms with E-state index in [4.69, 9.17) is 10.5 Å². The minimum absolute atomic E-state index is 0.0144. The van der Waals surface area contributed by atoms with Crippen LogP contribution in [0, 0.1) is 0 Å². The molecule has 0 fully saturated rings. The Morgan fingerprint density at radius 3 is 2.72 bits per heavy atom. The fraction of sp³-hybridized carbons (Fsp3) is 0.500. The molecule has 18 heavy (non-hydrogen) atoms. The average Bonchev–Trinajstić information content (AvgIpc) is 2.36. The number of nitrogens with one attached hydrogen (secondary N) is 1. The highest BCUT2D eigenvalue weighted by Crippen LogP contribution is 2.27. The van der Waals surface area contributed by atoms with Crippen LogP contribution in [0.4, 0.5) is 0 Å². The van der Waals surface area contributed by atoms with Gasteiger partial charge in [-0.2, -0.15) is 0 Å². The molecule has 0 unspecified atom stereocenters. The molecule has 0 spiro atoms. The average molecular weight is 250 g/mol. The zero-order valence-electron chi connectivity index (χ0n) is 11.3. The number of carbonyl (C=O) groups excluding carboxylic acids is 1. The van der Waals surface area contributed by atoms with E-state index in [1.54, 1.807) is 7.11 Å². The fourth-order valence-corrected chi connectivity index (χ4v) is 1.77. The van der Waals surface area contributed by atoms with Crippen LogP contribution in [0.25, 0.3) is 0 Å². The largest absolute Gasteiger partial charge is 0.496 e. The molecule has 0 aliphatic rings. The summed E-state index contributed by atoms with van der Waals surface area (Å²) in [5.41, 5.74) is 7.55. The molecule has 0 aliphatic carbocycles. The van der Waals surface area contributed by atoms with Crippen LogP contribution in [0.1, 0.15) is 37.3 Å². The molecular weight excluding hydrogens is 228 g/mol. The highest BCUT2D eigenvalue weighted by atomic mass is 16.5. The van der Waals surface area contributed by atoms with E-state index >= 15 is 0 Å². The maximum absolute atomic E-state index is 11.3. The molecule has 0 radical (unpaired) electrons. The van der Waals surface area contributed by atoms with Crippen LogP contribution in [0.3, 0.4) is 0 Å². The van der Waals surface area contributed by atoms with Gasteiger partial charge in [-0.3, -0.25) is 4.79 Å². The number of rotatable bonds is 6. The Hall–Kier alpha value is -1.55. The minimum atomic E-state index is -0.0144. The normalized spacial score (nSPS) is 10.5. The lowest BCUT2D eigenvalue weighted by Gasteiger charge is -2.14. The van der Waals surface area contributed by atoms with Crippen molar-refractivity contribution in [3.63, 3.8) is 0 Å². The second-order valence-electron chi connectivity index (χ2n) is 4.55. The number of benzene rings is 1. The summed E-state index contributed by atoms with van der Waals surface area (Å²) in [6.07, 6.45) is 0.368. The molecule has 0 saturated heterocycles. The van der Waals surface area contributed by atoms with E-state index in [1.165, 1.54) is 0 Å². The van der Waals surface area contributed by atoms with E-state index in [1.807, 2.05) is 12.1 Å². The maximum Gasteiger partial charge on any atom is 0.221 e. The van der Waals surface area contributed by atoms with E-state index in [9.17, 15) is 4.79 Å². The van der Waals surface area contributed by atoms with E-state index in [0.717, 1.165) is 16.9 Å². The van der Waals surface area contributed by atoms with Crippen molar-refractivity contribution in [2.24, 2.45) is 5.73 Å². The van der Waals surface area contributed by atoms with Crippen LogP contribution in [0.2, 0.25) is 0 Å². The molecule has 0 aromatic heterocycles. The predicted molar refractivity (Wildman–Crippen MR) is 72.6 cm³/mol. The van der Waals surface area contributed by atoms with E-state index < -0.39 is 0 Å². The number of nitrogens with two attached hydrogens (primary N) is 1. The van der Waals surface area contributed by atoms with Crippen LogP contribution in [-0.4, -0.2) is 19.6 Å². The lowest BCUT2D eigenvalue weighted by molar-refractivity contribution is -0.121. The Morgan fingerprint density at radius 1 is 1.44 bits per heavy atom. The molecule has 1 rings (SSSR count). The van der Waals surface area contributed by atoms with Crippen molar-refractivity contribution in [2.75, 3.05) is 13.7 Å². The highest BCUT2D eigenvalue weighted by molar-refractivity contribution is 5.76. The standard InChI is InChI=1S/C14H22N2O2/c1-10(2)12-8-11(4-5-13(12)18-3)9-16-14(17)6-7-15/h4-5,8,10H,6-7,9,15H2,1-3H3,(H,16,17). The van der Waals surface area contributed by atoms with Crippen molar-refractivity contribution < 1.29 is 9.53 Å². The monoisotopic (exact) mass is 250 g/mol. The van der Waals surface area contributed by atoms with Crippen molar-refractivity contribution in [1.82, 2.24) is 5.32 Å². The van der Waals surface area contributed by atoms with Gasteiger partial charge in [-0.25, -0.2) is 0 Å². The summed E-state index contributed by atoms with van der Waals surface area (Å²) >= 11 is 0. The van der Waals surface area contributed by atoms with Crippen molar-refractivity contribution in [1.29, 1.82) is 0 Å². The van der Waals surface area contributed by atoms with Crippen molar-refractivity contribution in [2.45, 2.75) is 32.7 Å². The zero-order valence-corrected chi connectivity index (χ0v) is 11.3. The summed E-state index contributed by atoms with van der Waals surface area (Å²) in [6, 6.07) is 5.99. The van der Waals surface area contributed by atoms with Gasteiger partial charge in [0.15, 0.2) is 0 Å². The highest BCUT2D eigenvalue weighted by Gasteiger charge is 2.08. The van der Waals surface area contributed by atoms with Gasteiger partial charge in [0.2, 0.25) is 5.91 Å². The Kier molecular flexibility index (Phi) is 5.65. The van der Waals surface area contributed by atoms with Gasteiger partial charge < -0.3 is 15.8 Å². The van der Waals surface area contributed by atoms with Gasteiger partial charge in [0.1, 0.15) is 5.75 Å². The van der Waals surface area contributed by atoms with Gasteiger partial charge in [0, 0.05) is 19.5 Å². The Morgan fingerprint density at radius 2 is 2.17 bits per heavy atom. The lowest BCUT2D eigenvalue weighted by Crippen LogP contribution is -2.25. The molecule has 1 aromatic rings. The maximum atomic E-state index is 11.3. The van der Waals surface area contributed by atoms with E-state index in [-0.39, 0.29) is 5.91 Å². The molecule has 4 heteroatoms. The molecule has 0 saturated carbocycles. The number of amides is 1. The lowest BCUT2D eigenvalue weighted by atomic mass is 9.99. The summed E-state index contributed by atoms with van der Waals surface area (Å²) in [5.74, 6) is 1.26. The van der Waals surface area contributed by atoms with Gasteiger partial charge in [0.25, 0.3) is 0 Å². The van der Waals surface area contributed by atoms with Gasteiger partial charge in [0.05, 0.1) is 7.11 Å². The van der Waals surface area contributed by atoms with Crippen LogP contribution < -0.4 is 15.8 Å². The molecule has 0 aliphatic heterocycles. The number of ether oxygens (including phenoxy) is 1. The third-order valence-corrected chi connectivity index (χ3v) is 2.78. The van der Waals surface area contributed by atoms with Crippen LogP contribution in [0.5, 0.6) is 5.75 Å². The number of methoxy groups -OCH3 is 1. The van der Waals surface area contributed by atoms with Gasteiger partial charge in [-0.15, -0.1) is 0 Å². The van der Waals surface area contributed by atoms with Crippen LogP contribution in [0.15, 0.2) is 18.2 Å². The quantitative estimate of drug-likeness (QED) is 0.809. The second-order valence-corrected chi connectivity index (χ2v) is 4.55. The zero-order chi connectivity index (χ0) is 13.5. The van der Waals surface area contributed by atoms with E-state index in [0.29, 0.717) is 25.4 Å². The van der Waals surface area contributed by atoms with Crippen LogP contribution in [-0.2, 0) is 11.3 Å². The Balaban J connectivity index is 2.73. The van der Waals surface area contributed by atoms with Crippen molar-refractivity contribution in [3.05, 3.63) is 29.3 Å². The first-order chi connectivity index (χ1) is 8.58. The smallest absolute Gasteiger partial charge is 0.221 e. The summed E-state index contributed by atoms with van der Waals surface area (Å²) in [7, 11) is 1.67. The Labute approximate surface area is 109 Å². The van der Waals surface area contributed by atoms with Crippen molar-refractivity contribution >= 4 is 5.91 Å². The van der Waals surface area contributed by atoms with E-state index in [2.05, 4.69) is 25.2 Å². The summed E-state index contributed by atoms with van der Waals surface area (Å²) in [6.45, 7) is 5.15. The predicted octanol–water partition coefficient (Wildman–Crippen LogP) is 1.78. The van der Waals surface area contributed by atoms with Crippen molar-refractivity contribution in [3.8, 4) is 5.75 Å². The second kappa shape index (κ2) is 7.01. The molecule has 0 bridgehead atoms. The van der Waals surface area contributed by atoms with Gasteiger partial charge in [-0.1, -0.05) is 26.0 Å². The molecule has 3 N–H and O–H groups in total. The fourth-order valence-electron chi connectivity index (χ4n) is 1.77. The summed E-state index contributed by atoms with van der Waals surface area (Å²) in [4.78, 5) is 11.3. The first kappa shape index (κ1) is 14.5. The summed E-state index contributed by atoms with van der Waals surface area (Å²) < 4.78 is 5.32. The number of carbonyl (C=O) groups is 1. The third kappa shape index (κ3) is 4.04. The molecule has 100 valence electrons. The Bertz CT molecular complexity index is 403. The molecular formula is C14H22N2O2. The first-order valence-electron chi connectivity index (χ1n) is 6.22. The number of hydrogen-bond acceptors (Lipinski definition) is 3. The minimum Gasteiger partial charge on any atom is -0.496 e. The SMILES string of the molecule is COc1ccc(CNC(=O)CCN)cc1C(C)C.